The van der Waals surface area contributed by atoms with Crippen molar-refractivity contribution in [2.24, 2.45) is 0 Å². The molecule has 62 valence electrons. The van der Waals surface area contributed by atoms with Gasteiger partial charge < -0.3 is 5.11 Å². The molecule has 0 spiro atoms. The zero-order chi connectivity index (χ0) is 8.58. The fraction of sp³-hybridized carbons (Fsp3) is 1.00. The molecule has 0 radical (unpaired) electrons. The Morgan fingerprint density at radius 1 is 1.20 bits per heavy atom. The second-order valence-corrected chi connectivity index (χ2v) is 5.45. The number of hydrogen-bond donors (Lipinski definition) is 1. The lowest BCUT2D eigenvalue weighted by molar-refractivity contribution is 0.0475. The first kappa shape index (κ1) is 10.1. The molecule has 2 nitrogen and oxygen atoms in total. The quantitative estimate of drug-likeness (QED) is 0.659. The second-order valence-electron chi connectivity index (χ2n) is 3.52. The molecule has 3 heteroatoms. The lowest BCUT2D eigenvalue weighted by Crippen LogP contribution is -2.47. The van der Waals surface area contributed by atoms with Crippen molar-refractivity contribution in [1.29, 1.82) is 0 Å². The smallest absolute Gasteiger partial charge is 0.0757 e. The molecule has 0 aromatic carbocycles. The molecule has 1 N–H and O–H groups in total. The van der Waals surface area contributed by atoms with Crippen molar-refractivity contribution in [3.8, 4) is 0 Å². The van der Waals surface area contributed by atoms with Crippen LogP contribution in [0.15, 0.2) is 0 Å². The molecular weight excluding hydrogens is 148 g/mol. The third-order valence-corrected chi connectivity index (χ3v) is 4.13. The van der Waals surface area contributed by atoms with E-state index in [1.165, 1.54) is 0 Å². The highest BCUT2D eigenvalue weighted by Crippen LogP contribution is 2.25. The van der Waals surface area contributed by atoms with Crippen LogP contribution >= 0.6 is 0 Å². The molecule has 0 aliphatic rings. The van der Waals surface area contributed by atoms with Gasteiger partial charge in [0.2, 0.25) is 0 Å². The Kier molecular flexibility index (Phi) is 2.65. The van der Waals surface area contributed by atoms with E-state index in [2.05, 4.69) is 0 Å². The minimum atomic E-state index is -0.995. The van der Waals surface area contributed by atoms with Gasteiger partial charge in [-0.3, -0.25) is 4.21 Å². The van der Waals surface area contributed by atoms with E-state index in [0.717, 1.165) is 0 Å². The maximum Gasteiger partial charge on any atom is 0.0757 e. The highest BCUT2D eigenvalue weighted by atomic mass is 32.2. The van der Waals surface area contributed by atoms with Gasteiger partial charge in [-0.1, -0.05) is 0 Å². The summed E-state index contributed by atoms with van der Waals surface area (Å²) in [5.74, 6) is 0. The monoisotopic (exact) mass is 164 g/mol. The number of aliphatic hydroxyl groups is 1. The van der Waals surface area contributed by atoms with Crippen LogP contribution in [-0.4, -0.2) is 25.9 Å². The first-order valence-corrected chi connectivity index (χ1v) is 4.81. The van der Waals surface area contributed by atoms with E-state index < -0.39 is 21.1 Å². The van der Waals surface area contributed by atoms with Gasteiger partial charge in [-0.25, -0.2) is 0 Å². The highest BCUT2D eigenvalue weighted by molar-refractivity contribution is 7.85. The Bertz CT molecular complexity index is 144. The van der Waals surface area contributed by atoms with E-state index >= 15 is 0 Å². The van der Waals surface area contributed by atoms with Crippen LogP contribution in [0.2, 0.25) is 0 Å². The third-order valence-electron chi connectivity index (χ3n) is 2.19. The van der Waals surface area contributed by atoms with Gasteiger partial charge in [0.25, 0.3) is 0 Å². The standard InChI is InChI=1S/C7H16O2S/c1-6(2,8)7(3,4)10(5)9/h8H,1-5H3. The van der Waals surface area contributed by atoms with Crippen molar-refractivity contribution >= 4 is 10.8 Å². The molecule has 0 aromatic rings. The van der Waals surface area contributed by atoms with Gasteiger partial charge in [0.1, 0.15) is 0 Å². The van der Waals surface area contributed by atoms with E-state index in [1.807, 2.05) is 0 Å². The fourth-order valence-electron chi connectivity index (χ4n) is 0.352. The van der Waals surface area contributed by atoms with Crippen molar-refractivity contribution in [3.63, 3.8) is 0 Å². The largest absolute Gasteiger partial charge is 0.389 e. The summed E-state index contributed by atoms with van der Waals surface area (Å²) in [6.45, 7) is 6.94. The Labute approximate surface area is 65.1 Å². The van der Waals surface area contributed by atoms with E-state index in [0.29, 0.717) is 0 Å². The molecular formula is C7H16O2S. The summed E-state index contributed by atoms with van der Waals surface area (Å²) in [6.07, 6.45) is 1.61. The summed E-state index contributed by atoms with van der Waals surface area (Å²) < 4.78 is 10.5. The lowest BCUT2D eigenvalue weighted by Gasteiger charge is -2.34. The molecule has 0 saturated heterocycles. The van der Waals surface area contributed by atoms with Crippen molar-refractivity contribution in [3.05, 3.63) is 0 Å². The maximum atomic E-state index is 11.1. The minimum absolute atomic E-state index is 0.535. The van der Waals surface area contributed by atoms with Crippen LogP contribution in [0.3, 0.4) is 0 Å². The average molecular weight is 164 g/mol. The predicted molar refractivity (Wildman–Crippen MR) is 44.4 cm³/mol. The Morgan fingerprint density at radius 2 is 1.50 bits per heavy atom. The van der Waals surface area contributed by atoms with Crippen LogP contribution in [0, 0.1) is 0 Å². The molecule has 1 atom stereocenters. The molecule has 0 amide bonds. The normalized spacial score (nSPS) is 17.0. The van der Waals surface area contributed by atoms with Crippen LogP contribution in [-0.2, 0) is 10.8 Å². The van der Waals surface area contributed by atoms with Crippen LogP contribution in [0.5, 0.6) is 0 Å². The van der Waals surface area contributed by atoms with Gasteiger partial charge in [-0.2, -0.15) is 0 Å². The molecule has 1 unspecified atom stereocenters. The highest BCUT2D eigenvalue weighted by Gasteiger charge is 2.38. The Morgan fingerprint density at radius 3 is 1.50 bits per heavy atom. The Hall–Kier alpha value is 0.110. The van der Waals surface area contributed by atoms with Crippen molar-refractivity contribution in [2.75, 3.05) is 6.26 Å². The number of hydrogen-bond acceptors (Lipinski definition) is 2. The topological polar surface area (TPSA) is 37.3 Å². The van der Waals surface area contributed by atoms with Crippen LogP contribution in [0.25, 0.3) is 0 Å². The average Bonchev–Trinajstić information content (AvgIpc) is 1.62. The zero-order valence-corrected chi connectivity index (χ0v) is 8.08. The summed E-state index contributed by atoms with van der Waals surface area (Å²) in [5, 5.41) is 9.52. The van der Waals surface area contributed by atoms with Crippen molar-refractivity contribution in [1.82, 2.24) is 0 Å². The third kappa shape index (κ3) is 1.80. The summed E-state index contributed by atoms with van der Waals surface area (Å²) in [7, 11) is -0.995. The predicted octanol–water partition coefficient (Wildman–Crippen LogP) is 0.914. The molecule has 0 saturated carbocycles. The van der Waals surface area contributed by atoms with Gasteiger partial charge in [0.05, 0.1) is 10.3 Å². The lowest BCUT2D eigenvalue weighted by atomic mass is 9.94. The molecule has 0 rings (SSSR count). The van der Waals surface area contributed by atoms with Gasteiger partial charge in [-0.05, 0) is 27.7 Å². The second kappa shape index (κ2) is 2.62. The summed E-state index contributed by atoms with van der Waals surface area (Å²) in [4.78, 5) is 0. The van der Waals surface area contributed by atoms with Gasteiger partial charge in [-0.15, -0.1) is 0 Å². The van der Waals surface area contributed by atoms with Crippen molar-refractivity contribution < 1.29 is 9.32 Å². The fourth-order valence-corrected chi connectivity index (χ4v) is 1.06. The summed E-state index contributed by atoms with van der Waals surface area (Å²) >= 11 is 0. The van der Waals surface area contributed by atoms with E-state index in [1.54, 1.807) is 34.0 Å². The number of rotatable bonds is 2. The maximum absolute atomic E-state index is 11.1. The molecule has 0 aliphatic carbocycles. The van der Waals surface area contributed by atoms with Crippen LogP contribution in [0.1, 0.15) is 27.7 Å². The molecule has 0 heterocycles. The van der Waals surface area contributed by atoms with Crippen LogP contribution < -0.4 is 0 Å². The molecule has 0 aliphatic heterocycles. The first-order chi connectivity index (χ1) is 4.19. The van der Waals surface area contributed by atoms with Gasteiger partial charge in [0.15, 0.2) is 0 Å². The minimum Gasteiger partial charge on any atom is -0.389 e. The van der Waals surface area contributed by atoms with E-state index in [-0.39, 0.29) is 0 Å². The van der Waals surface area contributed by atoms with E-state index in [9.17, 15) is 9.32 Å². The van der Waals surface area contributed by atoms with E-state index in [4.69, 9.17) is 0 Å². The van der Waals surface area contributed by atoms with Crippen LogP contribution in [0.4, 0.5) is 0 Å². The Balaban J connectivity index is 4.57. The molecule has 0 bridgehead atoms. The summed E-state index contributed by atoms with van der Waals surface area (Å²) in [6, 6.07) is 0. The zero-order valence-electron chi connectivity index (χ0n) is 7.26. The van der Waals surface area contributed by atoms with Gasteiger partial charge in [0, 0.05) is 17.1 Å². The SMILES string of the molecule is CS(=O)C(C)(C)C(C)(C)O. The summed E-state index contributed by atoms with van der Waals surface area (Å²) in [5.41, 5.74) is -0.882. The van der Waals surface area contributed by atoms with Crippen molar-refractivity contribution in [2.45, 2.75) is 38.0 Å². The van der Waals surface area contributed by atoms with Gasteiger partial charge >= 0.3 is 0 Å². The molecule has 0 fully saturated rings. The molecule has 0 aromatic heterocycles. The molecule has 10 heavy (non-hydrogen) atoms. The first-order valence-electron chi connectivity index (χ1n) is 3.25.